The summed E-state index contributed by atoms with van der Waals surface area (Å²) < 4.78 is 0. The summed E-state index contributed by atoms with van der Waals surface area (Å²) >= 11 is 6.03. The molecule has 0 saturated carbocycles. The van der Waals surface area contributed by atoms with E-state index in [1.807, 2.05) is 31.2 Å². The summed E-state index contributed by atoms with van der Waals surface area (Å²) in [6.07, 6.45) is 0.103. The fourth-order valence-corrected chi connectivity index (χ4v) is 3.81. The molecule has 1 aliphatic heterocycles. The van der Waals surface area contributed by atoms with Gasteiger partial charge in [-0.3, -0.25) is 14.4 Å². The van der Waals surface area contributed by atoms with E-state index in [4.69, 9.17) is 11.6 Å². The molecule has 162 valence electrons. The molecular formula is C25H22ClN3O3. The Hall–Kier alpha value is -3.64. The monoisotopic (exact) mass is 447 g/mol. The number of halogens is 1. The lowest BCUT2D eigenvalue weighted by Gasteiger charge is -2.18. The molecule has 3 aromatic carbocycles. The van der Waals surface area contributed by atoms with Crippen LogP contribution < -0.4 is 15.5 Å². The molecule has 0 aliphatic carbocycles. The van der Waals surface area contributed by atoms with Gasteiger partial charge in [-0.15, -0.1) is 0 Å². The molecule has 2 N–H and O–H groups in total. The second-order valence-corrected chi connectivity index (χ2v) is 8.16. The first-order valence-electron chi connectivity index (χ1n) is 10.2. The lowest BCUT2D eigenvalue weighted by molar-refractivity contribution is -0.122. The molecule has 0 unspecified atom stereocenters. The number of nitrogens with zero attached hydrogens (tertiary/aromatic N) is 1. The van der Waals surface area contributed by atoms with Crippen LogP contribution in [0.5, 0.6) is 0 Å². The number of carbonyl (C=O) groups excluding carboxylic acids is 3. The highest BCUT2D eigenvalue weighted by molar-refractivity contribution is 6.31. The predicted octanol–water partition coefficient (Wildman–Crippen LogP) is 4.89. The number of para-hydroxylation sites is 1. The van der Waals surface area contributed by atoms with Crippen molar-refractivity contribution < 1.29 is 14.4 Å². The quantitative estimate of drug-likeness (QED) is 0.584. The van der Waals surface area contributed by atoms with Crippen LogP contribution in [0.15, 0.2) is 72.8 Å². The summed E-state index contributed by atoms with van der Waals surface area (Å²) in [6, 6.07) is 21.3. The van der Waals surface area contributed by atoms with E-state index in [2.05, 4.69) is 10.6 Å². The number of hydrogen-bond donors (Lipinski definition) is 2. The lowest BCUT2D eigenvalue weighted by atomic mass is 10.1. The van der Waals surface area contributed by atoms with Gasteiger partial charge in [0.05, 0.1) is 5.92 Å². The van der Waals surface area contributed by atoms with Gasteiger partial charge in [-0.2, -0.15) is 0 Å². The Balaban J connectivity index is 1.46. The summed E-state index contributed by atoms with van der Waals surface area (Å²) in [6.45, 7) is 2.12. The van der Waals surface area contributed by atoms with Crippen LogP contribution in [0.25, 0.3) is 0 Å². The molecule has 1 saturated heterocycles. The van der Waals surface area contributed by atoms with Gasteiger partial charge in [0.1, 0.15) is 0 Å². The molecule has 1 aliphatic rings. The standard InChI is InChI=1S/C25H22ClN3O3/c1-16-10-11-19(26)14-22(16)28-25(32)18-13-23(30)29(15-18)21-9-5-6-17(12-21)24(31)27-20-7-3-2-4-8-20/h2-12,14,18H,13,15H2,1H3,(H,27,31)(H,28,32)/t18-/m1/s1. The topological polar surface area (TPSA) is 78.5 Å². The first-order valence-corrected chi connectivity index (χ1v) is 10.6. The molecule has 32 heavy (non-hydrogen) atoms. The van der Waals surface area contributed by atoms with Gasteiger partial charge in [-0.1, -0.05) is 41.9 Å². The summed E-state index contributed by atoms with van der Waals surface area (Å²) in [7, 11) is 0. The van der Waals surface area contributed by atoms with E-state index < -0.39 is 5.92 Å². The summed E-state index contributed by atoms with van der Waals surface area (Å²) in [5, 5.41) is 6.24. The highest BCUT2D eigenvalue weighted by Crippen LogP contribution is 2.28. The van der Waals surface area contributed by atoms with Gasteiger partial charge in [0.2, 0.25) is 11.8 Å². The van der Waals surface area contributed by atoms with Gasteiger partial charge >= 0.3 is 0 Å². The van der Waals surface area contributed by atoms with Crippen molar-refractivity contribution in [2.75, 3.05) is 22.1 Å². The number of nitrogens with one attached hydrogen (secondary N) is 2. The van der Waals surface area contributed by atoms with Crippen LogP contribution in [0, 0.1) is 12.8 Å². The number of amides is 3. The molecule has 1 heterocycles. The summed E-state index contributed by atoms with van der Waals surface area (Å²) in [5.74, 6) is -1.16. The first-order chi connectivity index (χ1) is 15.4. The average molecular weight is 448 g/mol. The maximum atomic E-state index is 12.8. The van der Waals surface area contributed by atoms with Crippen molar-refractivity contribution >= 4 is 46.4 Å². The first kappa shape index (κ1) is 21.6. The number of benzene rings is 3. The largest absolute Gasteiger partial charge is 0.325 e. The number of aryl methyl sites for hydroxylation is 1. The number of hydrogen-bond acceptors (Lipinski definition) is 3. The fraction of sp³-hybridized carbons (Fsp3) is 0.160. The normalized spacial score (nSPS) is 15.5. The van der Waals surface area contributed by atoms with Gasteiger partial charge in [0, 0.05) is 40.6 Å². The Labute approximate surface area is 191 Å². The van der Waals surface area contributed by atoms with Crippen molar-refractivity contribution in [2.24, 2.45) is 5.92 Å². The van der Waals surface area contributed by atoms with Gasteiger partial charge in [-0.05, 0) is 55.0 Å². The van der Waals surface area contributed by atoms with Crippen molar-refractivity contribution in [3.05, 3.63) is 88.9 Å². The Kier molecular flexibility index (Phi) is 6.23. The highest BCUT2D eigenvalue weighted by atomic mass is 35.5. The molecule has 3 amide bonds. The molecule has 0 bridgehead atoms. The Morgan fingerprint density at radius 2 is 1.75 bits per heavy atom. The fourth-order valence-electron chi connectivity index (χ4n) is 3.64. The molecule has 3 aromatic rings. The molecular weight excluding hydrogens is 426 g/mol. The maximum Gasteiger partial charge on any atom is 0.255 e. The SMILES string of the molecule is Cc1ccc(Cl)cc1NC(=O)[C@@H]1CC(=O)N(c2cccc(C(=O)Nc3ccccc3)c2)C1. The molecule has 0 radical (unpaired) electrons. The van der Waals surface area contributed by atoms with Crippen LogP contribution in [0.2, 0.25) is 5.02 Å². The molecule has 0 spiro atoms. The van der Waals surface area contributed by atoms with Crippen molar-refractivity contribution in [3.8, 4) is 0 Å². The Morgan fingerprint density at radius 1 is 0.969 bits per heavy atom. The number of carbonyl (C=O) groups is 3. The third kappa shape index (κ3) is 4.81. The molecule has 6 nitrogen and oxygen atoms in total. The van der Waals surface area contributed by atoms with Crippen molar-refractivity contribution in [1.82, 2.24) is 0 Å². The minimum Gasteiger partial charge on any atom is -0.325 e. The van der Waals surface area contributed by atoms with E-state index in [9.17, 15) is 14.4 Å². The van der Waals surface area contributed by atoms with Crippen molar-refractivity contribution in [2.45, 2.75) is 13.3 Å². The van der Waals surface area contributed by atoms with E-state index in [0.717, 1.165) is 5.56 Å². The van der Waals surface area contributed by atoms with Gasteiger partial charge < -0.3 is 15.5 Å². The zero-order chi connectivity index (χ0) is 22.7. The van der Waals surface area contributed by atoms with Crippen LogP contribution in [0.3, 0.4) is 0 Å². The highest BCUT2D eigenvalue weighted by Gasteiger charge is 2.35. The second-order valence-electron chi connectivity index (χ2n) is 7.72. The van der Waals surface area contributed by atoms with Crippen LogP contribution in [0.1, 0.15) is 22.3 Å². The average Bonchev–Trinajstić information content (AvgIpc) is 3.19. The Bertz CT molecular complexity index is 1180. The molecule has 1 atom stereocenters. The molecule has 0 aromatic heterocycles. The van der Waals surface area contributed by atoms with Crippen LogP contribution in [-0.2, 0) is 9.59 Å². The minimum atomic E-state index is -0.498. The van der Waals surface area contributed by atoms with Crippen LogP contribution in [-0.4, -0.2) is 24.3 Å². The second kappa shape index (κ2) is 9.24. The summed E-state index contributed by atoms with van der Waals surface area (Å²) in [5.41, 5.74) is 3.23. The minimum absolute atomic E-state index is 0.103. The van der Waals surface area contributed by atoms with Crippen molar-refractivity contribution in [1.29, 1.82) is 0 Å². The zero-order valence-corrected chi connectivity index (χ0v) is 18.2. The third-order valence-electron chi connectivity index (χ3n) is 5.40. The lowest BCUT2D eigenvalue weighted by Crippen LogP contribution is -2.28. The van der Waals surface area contributed by atoms with Crippen LogP contribution >= 0.6 is 11.6 Å². The van der Waals surface area contributed by atoms with Crippen molar-refractivity contribution in [3.63, 3.8) is 0 Å². The molecule has 4 rings (SSSR count). The third-order valence-corrected chi connectivity index (χ3v) is 5.64. The zero-order valence-electron chi connectivity index (χ0n) is 17.5. The maximum absolute atomic E-state index is 12.8. The van der Waals surface area contributed by atoms with E-state index in [0.29, 0.717) is 27.6 Å². The number of rotatable bonds is 5. The summed E-state index contributed by atoms with van der Waals surface area (Å²) in [4.78, 5) is 39.6. The van der Waals surface area contributed by atoms with Gasteiger partial charge in [-0.25, -0.2) is 0 Å². The van der Waals surface area contributed by atoms with Gasteiger partial charge in [0.25, 0.3) is 5.91 Å². The van der Waals surface area contributed by atoms with Gasteiger partial charge in [0.15, 0.2) is 0 Å². The van der Waals surface area contributed by atoms with E-state index in [1.165, 1.54) is 0 Å². The smallest absolute Gasteiger partial charge is 0.255 e. The number of anilines is 3. The van der Waals surface area contributed by atoms with E-state index in [1.54, 1.807) is 53.4 Å². The van der Waals surface area contributed by atoms with Crippen LogP contribution in [0.4, 0.5) is 17.1 Å². The Morgan fingerprint density at radius 3 is 2.53 bits per heavy atom. The van der Waals surface area contributed by atoms with E-state index in [-0.39, 0.29) is 30.7 Å². The predicted molar refractivity (Wildman–Crippen MR) is 126 cm³/mol. The molecule has 7 heteroatoms. The van der Waals surface area contributed by atoms with E-state index >= 15 is 0 Å². The molecule has 1 fully saturated rings.